The van der Waals surface area contributed by atoms with Crippen molar-refractivity contribution >= 4 is 0 Å². The van der Waals surface area contributed by atoms with Gasteiger partial charge in [-0.3, -0.25) is 4.68 Å². The molecule has 80 valence electrons. The lowest BCUT2D eigenvalue weighted by molar-refractivity contribution is 0.181. The van der Waals surface area contributed by atoms with E-state index in [2.05, 4.69) is 25.9 Å². The first kappa shape index (κ1) is 11.2. The monoisotopic (exact) mass is 197 g/mol. The fourth-order valence-corrected chi connectivity index (χ4v) is 1.47. The van der Waals surface area contributed by atoms with Gasteiger partial charge >= 0.3 is 0 Å². The molecule has 0 saturated heterocycles. The molecule has 1 rings (SSSR count). The highest BCUT2D eigenvalue weighted by atomic mass is 16.3. The van der Waals surface area contributed by atoms with Crippen LogP contribution in [0.2, 0.25) is 0 Å². The smallest absolute Gasteiger partial charge is 0.110 e. The van der Waals surface area contributed by atoms with Crippen LogP contribution in [0.4, 0.5) is 0 Å². The second-order valence-corrected chi connectivity index (χ2v) is 4.58. The fraction of sp³-hybridized carbons (Fsp3) is 0.700. The van der Waals surface area contributed by atoms with Crippen LogP contribution in [0.5, 0.6) is 0 Å². The van der Waals surface area contributed by atoms with E-state index in [0.717, 1.165) is 5.69 Å². The number of nitrogens with two attached hydrogens (primary N) is 1. The standard InChI is InChI=1S/C10H19N3O/c1-10(2,3)9-5-7(8(14)6-11)12-13(9)4/h5,8,14H,6,11H2,1-4H3. The normalized spacial score (nSPS) is 14.4. The lowest BCUT2D eigenvalue weighted by atomic mass is 9.92. The minimum absolute atomic E-state index is 0.0360. The van der Waals surface area contributed by atoms with Crippen LogP contribution in [0, 0.1) is 0 Å². The maximum absolute atomic E-state index is 9.53. The van der Waals surface area contributed by atoms with Crippen LogP contribution < -0.4 is 5.73 Å². The van der Waals surface area contributed by atoms with Crippen molar-refractivity contribution in [1.29, 1.82) is 0 Å². The van der Waals surface area contributed by atoms with E-state index in [1.165, 1.54) is 0 Å². The Morgan fingerprint density at radius 2 is 2.14 bits per heavy atom. The number of nitrogens with zero attached hydrogens (tertiary/aromatic N) is 2. The van der Waals surface area contributed by atoms with E-state index in [1.807, 2.05) is 13.1 Å². The molecule has 0 spiro atoms. The van der Waals surface area contributed by atoms with Crippen molar-refractivity contribution in [3.63, 3.8) is 0 Å². The van der Waals surface area contributed by atoms with Gasteiger partial charge in [0.25, 0.3) is 0 Å². The Kier molecular flexibility index (Phi) is 2.97. The summed E-state index contributed by atoms with van der Waals surface area (Å²) in [4.78, 5) is 0. The van der Waals surface area contributed by atoms with E-state index in [0.29, 0.717) is 5.69 Å². The largest absolute Gasteiger partial charge is 0.385 e. The van der Waals surface area contributed by atoms with Gasteiger partial charge in [-0.1, -0.05) is 20.8 Å². The summed E-state index contributed by atoms with van der Waals surface area (Å²) in [7, 11) is 1.88. The summed E-state index contributed by atoms with van der Waals surface area (Å²) in [5, 5.41) is 13.8. The van der Waals surface area contributed by atoms with Crippen molar-refractivity contribution in [1.82, 2.24) is 9.78 Å². The SMILES string of the molecule is Cn1nc(C(O)CN)cc1C(C)(C)C. The minimum atomic E-state index is -0.655. The molecule has 1 aromatic rings. The van der Waals surface area contributed by atoms with Crippen molar-refractivity contribution in [3.8, 4) is 0 Å². The summed E-state index contributed by atoms with van der Waals surface area (Å²) in [6, 6.07) is 1.91. The maximum atomic E-state index is 9.53. The summed E-state index contributed by atoms with van der Waals surface area (Å²) in [6.07, 6.45) is -0.655. The number of aromatic nitrogens is 2. The van der Waals surface area contributed by atoms with E-state index < -0.39 is 6.10 Å². The second-order valence-electron chi connectivity index (χ2n) is 4.58. The molecule has 1 aromatic heterocycles. The lowest BCUT2D eigenvalue weighted by Crippen LogP contribution is -2.16. The molecule has 1 unspecified atom stereocenters. The van der Waals surface area contributed by atoms with Crippen LogP contribution in [-0.2, 0) is 12.5 Å². The van der Waals surface area contributed by atoms with Gasteiger partial charge in [-0.25, -0.2) is 0 Å². The number of hydrogen-bond donors (Lipinski definition) is 2. The molecule has 4 nitrogen and oxygen atoms in total. The summed E-state index contributed by atoms with van der Waals surface area (Å²) in [5.41, 5.74) is 7.16. The van der Waals surface area contributed by atoms with Crippen molar-refractivity contribution in [2.24, 2.45) is 12.8 Å². The highest BCUT2D eigenvalue weighted by Crippen LogP contribution is 2.24. The topological polar surface area (TPSA) is 64.1 Å². The van der Waals surface area contributed by atoms with Gasteiger partial charge in [0, 0.05) is 24.7 Å². The zero-order valence-corrected chi connectivity index (χ0v) is 9.28. The average molecular weight is 197 g/mol. The van der Waals surface area contributed by atoms with Gasteiger partial charge in [-0.2, -0.15) is 5.10 Å². The zero-order valence-electron chi connectivity index (χ0n) is 9.28. The zero-order chi connectivity index (χ0) is 10.9. The van der Waals surface area contributed by atoms with E-state index in [4.69, 9.17) is 5.73 Å². The van der Waals surface area contributed by atoms with Gasteiger partial charge in [-0.05, 0) is 6.07 Å². The minimum Gasteiger partial charge on any atom is -0.385 e. The Balaban J connectivity index is 3.05. The van der Waals surface area contributed by atoms with Crippen LogP contribution in [0.1, 0.15) is 38.3 Å². The van der Waals surface area contributed by atoms with Gasteiger partial charge in [0.1, 0.15) is 6.10 Å². The maximum Gasteiger partial charge on any atom is 0.110 e. The van der Waals surface area contributed by atoms with Gasteiger partial charge in [0.05, 0.1) is 5.69 Å². The van der Waals surface area contributed by atoms with Gasteiger partial charge in [0.15, 0.2) is 0 Å². The Bertz CT molecular complexity index is 312. The van der Waals surface area contributed by atoms with Crippen LogP contribution in [0.25, 0.3) is 0 Å². The summed E-state index contributed by atoms with van der Waals surface area (Å²) in [5.74, 6) is 0. The molecule has 0 fully saturated rings. The Morgan fingerprint density at radius 3 is 2.50 bits per heavy atom. The van der Waals surface area contributed by atoms with E-state index in [9.17, 15) is 5.11 Å². The molecule has 0 aromatic carbocycles. The molecule has 3 N–H and O–H groups in total. The molecule has 0 amide bonds. The third kappa shape index (κ3) is 2.13. The predicted molar refractivity (Wildman–Crippen MR) is 55.9 cm³/mol. The molecular weight excluding hydrogens is 178 g/mol. The molecule has 1 heterocycles. The van der Waals surface area contributed by atoms with E-state index in [-0.39, 0.29) is 12.0 Å². The van der Waals surface area contributed by atoms with Crippen LogP contribution in [0.15, 0.2) is 6.07 Å². The fourth-order valence-electron chi connectivity index (χ4n) is 1.47. The number of rotatable bonds is 2. The Morgan fingerprint density at radius 1 is 1.57 bits per heavy atom. The molecule has 14 heavy (non-hydrogen) atoms. The molecule has 0 aliphatic carbocycles. The Hall–Kier alpha value is -0.870. The third-order valence-electron chi connectivity index (χ3n) is 2.23. The highest BCUT2D eigenvalue weighted by Gasteiger charge is 2.21. The average Bonchev–Trinajstić information content (AvgIpc) is 2.45. The van der Waals surface area contributed by atoms with Crippen LogP contribution in [0.3, 0.4) is 0 Å². The third-order valence-corrected chi connectivity index (χ3v) is 2.23. The summed E-state index contributed by atoms with van der Waals surface area (Å²) in [6.45, 7) is 6.55. The van der Waals surface area contributed by atoms with Gasteiger partial charge < -0.3 is 10.8 Å². The predicted octanol–water partition coefficient (Wildman–Crippen LogP) is 0.710. The van der Waals surface area contributed by atoms with E-state index >= 15 is 0 Å². The number of aryl methyl sites for hydroxylation is 1. The molecule has 1 atom stereocenters. The first-order chi connectivity index (χ1) is 6.36. The highest BCUT2D eigenvalue weighted by molar-refractivity contribution is 5.19. The van der Waals surface area contributed by atoms with Crippen molar-refractivity contribution in [2.75, 3.05) is 6.54 Å². The number of aliphatic hydroxyl groups excluding tert-OH is 1. The first-order valence-electron chi connectivity index (χ1n) is 4.79. The molecule has 0 radical (unpaired) electrons. The number of hydrogen-bond acceptors (Lipinski definition) is 3. The number of aliphatic hydroxyl groups is 1. The van der Waals surface area contributed by atoms with Crippen LogP contribution >= 0.6 is 0 Å². The van der Waals surface area contributed by atoms with Crippen LogP contribution in [-0.4, -0.2) is 21.4 Å². The Labute approximate surface area is 84.7 Å². The summed E-state index contributed by atoms with van der Waals surface area (Å²) >= 11 is 0. The molecule has 4 heteroatoms. The molecular formula is C10H19N3O. The molecule has 0 bridgehead atoms. The summed E-state index contributed by atoms with van der Waals surface area (Å²) < 4.78 is 1.80. The van der Waals surface area contributed by atoms with E-state index in [1.54, 1.807) is 4.68 Å². The van der Waals surface area contributed by atoms with Crippen molar-refractivity contribution in [3.05, 3.63) is 17.5 Å². The van der Waals surface area contributed by atoms with Crippen molar-refractivity contribution < 1.29 is 5.11 Å². The lowest BCUT2D eigenvalue weighted by Gasteiger charge is -2.17. The van der Waals surface area contributed by atoms with Gasteiger partial charge in [-0.15, -0.1) is 0 Å². The quantitative estimate of drug-likeness (QED) is 0.734. The first-order valence-corrected chi connectivity index (χ1v) is 4.79. The molecule has 0 aliphatic rings. The van der Waals surface area contributed by atoms with Gasteiger partial charge in [0.2, 0.25) is 0 Å². The van der Waals surface area contributed by atoms with Crippen molar-refractivity contribution in [2.45, 2.75) is 32.3 Å². The second kappa shape index (κ2) is 3.71. The molecule has 0 aliphatic heterocycles. The molecule has 0 saturated carbocycles.